The molecule has 2 rings (SSSR count). The van der Waals surface area contributed by atoms with E-state index in [1.165, 1.54) is 20.7 Å². The lowest BCUT2D eigenvalue weighted by atomic mass is 10.2. The van der Waals surface area contributed by atoms with Crippen molar-refractivity contribution in [2.75, 3.05) is 19.0 Å². The average Bonchev–Trinajstić information content (AvgIpc) is 2.46. The summed E-state index contributed by atoms with van der Waals surface area (Å²) in [6.07, 6.45) is 0. The second kappa shape index (κ2) is 3.04. The molecule has 2 aromatic rings. The van der Waals surface area contributed by atoms with Gasteiger partial charge in [-0.2, -0.15) is 0 Å². The highest BCUT2D eigenvalue weighted by Crippen LogP contribution is 2.31. The van der Waals surface area contributed by atoms with E-state index in [1.807, 2.05) is 11.3 Å². The van der Waals surface area contributed by atoms with Crippen LogP contribution in [-0.2, 0) is 0 Å². The maximum Gasteiger partial charge on any atom is 0.0915 e. The summed E-state index contributed by atoms with van der Waals surface area (Å²) in [6, 6.07) is 8.84. The molecule has 0 saturated heterocycles. The second-order valence-electron chi connectivity index (χ2n) is 3.52. The highest BCUT2D eigenvalue weighted by atomic mass is 32.1. The van der Waals surface area contributed by atoms with E-state index in [0.717, 1.165) is 0 Å². The van der Waals surface area contributed by atoms with E-state index in [-0.39, 0.29) is 0 Å². The van der Waals surface area contributed by atoms with Crippen LogP contribution in [0.2, 0.25) is 0 Å². The second-order valence-corrected chi connectivity index (χ2v) is 4.58. The third-order valence-corrected chi connectivity index (χ3v) is 3.38. The summed E-state index contributed by atoms with van der Waals surface area (Å²) in [5, 5.41) is 2.68. The Kier molecular flexibility index (Phi) is 2.00. The average molecular weight is 191 g/mol. The van der Waals surface area contributed by atoms with Crippen molar-refractivity contribution in [2.45, 2.75) is 6.92 Å². The molecular formula is C11H13NS. The molecule has 0 radical (unpaired) electrons. The molecule has 68 valence electrons. The van der Waals surface area contributed by atoms with Gasteiger partial charge in [-0.05, 0) is 24.4 Å². The Morgan fingerprint density at radius 2 is 1.92 bits per heavy atom. The van der Waals surface area contributed by atoms with Crippen LogP contribution in [0.3, 0.4) is 0 Å². The first-order chi connectivity index (χ1) is 6.16. The van der Waals surface area contributed by atoms with E-state index < -0.39 is 0 Å². The number of rotatable bonds is 1. The van der Waals surface area contributed by atoms with Gasteiger partial charge < -0.3 is 4.90 Å². The molecule has 0 aliphatic carbocycles. The molecule has 0 amide bonds. The first-order valence-electron chi connectivity index (χ1n) is 4.34. The summed E-state index contributed by atoms with van der Waals surface area (Å²) >= 11 is 1.84. The Balaban J connectivity index is 2.62. The minimum atomic E-state index is 1.32. The topological polar surface area (TPSA) is 3.24 Å². The first kappa shape index (κ1) is 8.57. The van der Waals surface area contributed by atoms with Crippen molar-refractivity contribution >= 4 is 26.4 Å². The highest BCUT2D eigenvalue weighted by molar-refractivity contribution is 7.22. The predicted molar refractivity (Wildman–Crippen MR) is 60.9 cm³/mol. The normalized spacial score (nSPS) is 10.7. The van der Waals surface area contributed by atoms with E-state index in [9.17, 15) is 0 Å². The molecule has 1 aromatic carbocycles. The van der Waals surface area contributed by atoms with E-state index >= 15 is 0 Å². The smallest absolute Gasteiger partial charge is 0.0915 e. The summed E-state index contributed by atoms with van der Waals surface area (Å²) in [7, 11) is 4.16. The number of anilines is 1. The van der Waals surface area contributed by atoms with Crippen molar-refractivity contribution in [3.63, 3.8) is 0 Å². The quantitative estimate of drug-likeness (QED) is 0.668. The van der Waals surface area contributed by atoms with E-state index in [0.29, 0.717) is 0 Å². The number of aryl methyl sites for hydroxylation is 1. The zero-order valence-electron chi connectivity index (χ0n) is 8.16. The monoisotopic (exact) mass is 191 g/mol. The van der Waals surface area contributed by atoms with Gasteiger partial charge in [-0.3, -0.25) is 0 Å². The van der Waals surface area contributed by atoms with E-state index in [4.69, 9.17) is 0 Å². The Morgan fingerprint density at radius 1 is 1.15 bits per heavy atom. The molecule has 1 nitrogen and oxygen atoms in total. The van der Waals surface area contributed by atoms with Crippen LogP contribution in [0.1, 0.15) is 5.56 Å². The van der Waals surface area contributed by atoms with Gasteiger partial charge in [-0.15, -0.1) is 11.3 Å². The lowest BCUT2D eigenvalue weighted by Gasteiger charge is -2.06. The van der Waals surface area contributed by atoms with Crippen LogP contribution in [0.4, 0.5) is 5.00 Å². The Hall–Kier alpha value is -1.02. The van der Waals surface area contributed by atoms with Crippen LogP contribution >= 0.6 is 11.3 Å². The molecule has 2 heteroatoms. The molecule has 13 heavy (non-hydrogen) atoms. The van der Waals surface area contributed by atoms with Crippen LogP contribution in [0.15, 0.2) is 24.3 Å². The maximum absolute atomic E-state index is 2.24. The highest BCUT2D eigenvalue weighted by Gasteiger charge is 2.02. The zero-order valence-corrected chi connectivity index (χ0v) is 8.98. The number of fused-ring (bicyclic) bond motifs is 1. The number of thiophene rings is 1. The molecule has 0 aliphatic heterocycles. The molecule has 0 saturated carbocycles. The summed E-state index contributed by atoms with van der Waals surface area (Å²) in [6.45, 7) is 2.13. The van der Waals surface area contributed by atoms with Crippen molar-refractivity contribution in [3.8, 4) is 0 Å². The minimum Gasteiger partial charge on any atom is -0.370 e. The van der Waals surface area contributed by atoms with Crippen LogP contribution in [-0.4, -0.2) is 14.1 Å². The third kappa shape index (κ3) is 1.54. The molecule has 0 bridgehead atoms. The summed E-state index contributed by atoms with van der Waals surface area (Å²) in [5.41, 5.74) is 1.33. The Labute approximate surface area is 82.6 Å². The largest absolute Gasteiger partial charge is 0.370 e. The SMILES string of the molecule is Cc1ccc2sc(N(C)C)cc2c1. The Bertz CT molecular complexity index is 429. The molecule has 1 aromatic heterocycles. The van der Waals surface area contributed by atoms with Crippen molar-refractivity contribution in [2.24, 2.45) is 0 Å². The predicted octanol–water partition coefficient (Wildman–Crippen LogP) is 3.28. The van der Waals surface area contributed by atoms with Gasteiger partial charge in [-0.1, -0.05) is 17.7 Å². The van der Waals surface area contributed by atoms with Gasteiger partial charge >= 0.3 is 0 Å². The number of nitrogens with zero attached hydrogens (tertiary/aromatic N) is 1. The zero-order chi connectivity index (χ0) is 9.42. The molecule has 0 N–H and O–H groups in total. The van der Waals surface area contributed by atoms with Gasteiger partial charge in [0.25, 0.3) is 0 Å². The summed E-state index contributed by atoms with van der Waals surface area (Å²) in [4.78, 5) is 2.15. The molecule has 0 fully saturated rings. The van der Waals surface area contributed by atoms with Gasteiger partial charge in [0.15, 0.2) is 0 Å². The summed E-state index contributed by atoms with van der Waals surface area (Å²) < 4.78 is 1.37. The fourth-order valence-electron chi connectivity index (χ4n) is 1.37. The van der Waals surface area contributed by atoms with Crippen molar-refractivity contribution in [3.05, 3.63) is 29.8 Å². The molecule has 0 unspecified atom stereocenters. The van der Waals surface area contributed by atoms with Crippen molar-refractivity contribution in [1.82, 2.24) is 0 Å². The number of hydrogen-bond donors (Lipinski definition) is 0. The summed E-state index contributed by atoms with van der Waals surface area (Å²) in [5.74, 6) is 0. The molecule has 1 heterocycles. The van der Waals surface area contributed by atoms with Crippen molar-refractivity contribution in [1.29, 1.82) is 0 Å². The number of hydrogen-bond acceptors (Lipinski definition) is 2. The van der Waals surface area contributed by atoms with Gasteiger partial charge in [0.2, 0.25) is 0 Å². The molecular weight excluding hydrogens is 178 g/mol. The van der Waals surface area contributed by atoms with E-state index in [1.54, 1.807) is 0 Å². The lowest BCUT2D eigenvalue weighted by Crippen LogP contribution is -2.05. The first-order valence-corrected chi connectivity index (χ1v) is 5.16. The van der Waals surface area contributed by atoms with Gasteiger partial charge in [0.1, 0.15) is 0 Å². The standard InChI is InChI=1S/C11H13NS/c1-8-4-5-10-9(6-8)7-11(13-10)12(2)3/h4-7H,1-3H3. The Morgan fingerprint density at radius 3 is 2.62 bits per heavy atom. The van der Waals surface area contributed by atoms with Crippen LogP contribution in [0.5, 0.6) is 0 Å². The van der Waals surface area contributed by atoms with Crippen LogP contribution in [0.25, 0.3) is 10.1 Å². The van der Waals surface area contributed by atoms with E-state index in [2.05, 4.69) is 50.2 Å². The minimum absolute atomic E-state index is 1.32. The fraction of sp³-hybridized carbons (Fsp3) is 0.273. The van der Waals surface area contributed by atoms with Gasteiger partial charge in [0, 0.05) is 18.8 Å². The van der Waals surface area contributed by atoms with Crippen molar-refractivity contribution < 1.29 is 0 Å². The molecule has 0 atom stereocenters. The number of benzene rings is 1. The fourth-order valence-corrected chi connectivity index (χ4v) is 2.33. The van der Waals surface area contributed by atoms with Crippen LogP contribution in [0, 0.1) is 6.92 Å². The van der Waals surface area contributed by atoms with Crippen LogP contribution < -0.4 is 4.90 Å². The molecule has 0 spiro atoms. The van der Waals surface area contributed by atoms with Gasteiger partial charge in [0.05, 0.1) is 5.00 Å². The van der Waals surface area contributed by atoms with Gasteiger partial charge in [-0.25, -0.2) is 0 Å². The molecule has 0 aliphatic rings. The third-order valence-electron chi connectivity index (χ3n) is 2.10. The maximum atomic E-state index is 2.24. The lowest BCUT2D eigenvalue weighted by molar-refractivity contribution is 1.16.